The molecule has 0 spiro atoms. The van der Waals surface area contributed by atoms with E-state index in [0.29, 0.717) is 43.2 Å². The van der Waals surface area contributed by atoms with Crippen molar-refractivity contribution < 1.29 is 54.9 Å². The summed E-state index contributed by atoms with van der Waals surface area (Å²) >= 11 is 0.705. The van der Waals surface area contributed by atoms with Crippen molar-refractivity contribution in [3.63, 3.8) is 0 Å². The molecule has 2 aromatic rings. The van der Waals surface area contributed by atoms with E-state index in [2.05, 4.69) is 16.4 Å². The number of carbonyl (C=O) groups is 2. The zero-order chi connectivity index (χ0) is 32.1. The predicted molar refractivity (Wildman–Crippen MR) is 133 cm³/mol. The molecule has 0 radical (unpaired) electrons. The van der Waals surface area contributed by atoms with Crippen molar-refractivity contribution >= 4 is 23.7 Å². The van der Waals surface area contributed by atoms with Crippen LogP contribution in [0.15, 0.2) is 23.7 Å². The fraction of sp³-hybridized carbons (Fsp3) is 0.520. The van der Waals surface area contributed by atoms with Crippen LogP contribution in [0.1, 0.15) is 54.7 Å². The average Bonchev–Trinajstić information content (AvgIpc) is 3.39. The lowest BCUT2D eigenvalue weighted by atomic mass is 9.89. The van der Waals surface area contributed by atoms with Crippen molar-refractivity contribution in [1.82, 2.24) is 15.2 Å². The third kappa shape index (κ3) is 7.92. The van der Waals surface area contributed by atoms with Crippen LogP contribution in [0.5, 0.6) is 0 Å². The lowest BCUT2D eigenvalue weighted by molar-refractivity contribution is -0.376. The number of likely N-dealkylation sites (tertiary alicyclic amines) is 1. The number of benzene rings is 1. The Morgan fingerprint density at radius 2 is 1.74 bits per heavy atom. The molecule has 232 valence electrons. The predicted octanol–water partition coefficient (Wildman–Crippen LogP) is 4.94. The minimum absolute atomic E-state index is 0.0621. The van der Waals surface area contributed by atoms with Crippen molar-refractivity contribution in [3.05, 3.63) is 40.5 Å². The minimum Gasteiger partial charge on any atom is -0.389 e. The first kappa shape index (κ1) is 34.8. The molecule has 0 bridgehead atoms. The van der Waals surface area contributed by atoms with E-state index in [4.69, 9.17) is 10.4 Å². The van der Waals surface area contributed by atoms with Crippen LogP contribution in [-0.4, -0.2) is 70.0 Å². The summed E-state index contributed by atoms with van der Waals surface area (Å²) in [6, 6.07) is 2.84. The second-order valence-corrected chi connectivity index (χ2v) is 10.7. The summed E-state index contributed by atoms with van der Waals surface area (Å²) in [5, 5.41) is 29.8. The van der Waals surface area contributed by atoms with Gasteiger partial charge in [0, 0.05) is 42.2 Å². The highest BCUT2D eigenvalue weighted by Crippen LogP contribution is 2.51. The lowest BCUT2D eigenvalue weighted by Crippen LogP contribution is -2.54. The molecule has 42 heavy (non-hydrogen) atoms. The zero-order valence-corrected chi connectivity index (χ0v) is 22.9. The third-order valence-electron chi connectivity index (χ3n) is 6.12. The number of halogens is 8. The normalized spacial score (nSPS) is 15.1. The number of aliphatic hydroxyl groups is 2. The van der Waals surface area contributed by atoms with Crippen molar-refractivity contribution in [1.29, 1.82) is 5.26 Å². The number of nitrogens with one attached hydrogen (secondary N) is 1. The molecule has 17 heteroatoms. The maximum absolute atomic E-state index is 13.8. The van der Waals surface area contributed by atoms with E-state index in [1.807, 2.05) is 0 Å². The Labute approximate surface area is 238 Å². The number of hydrogen-bond acceptors (Lipinski definition) is 7. The molecule has 1 aromatic heterocycles. The number of nitriles is 1. The number of rotatable bonds is 7. The topological polar surface area (TPSA) is 127 Å². The van der Waals surface area contributed by atoms with E-state index in [-0.39, 0.29) is 41.7 Å². The van der Waals surface area contributed by atoms with Crippen molar-refractivity contribution in [2.24, 2.45) is 5.92 Å². The quantitative estimate of drug-likeness (QED) is 0.294. The summed E-state index contributed by atoms with van der Waals surface area (Å²) in [4.78, 5) is 27.5. The zero-order valence-electron chi connectivity index (χ0n) is 22.1. The molecule has 8 nitrogen and oxygen atoms in total. The smallest absolute Gasteiger partial charge is 0.389 e. The summed E-state index contributed by atoms with van der Waals surface area (Å²) in [7, 11) is 0. The Morgan fingerprint density at radius 3 is 2.17 bits per heavy atom. The first-order chi connectivity index (χ1) is 19.3. The van der Waals surface area contributed by atoms with Crippen LogP contribution >= 0.6 is 11.3 Å². The third-order valence-corrected chi connectivity index (χ3v) is 6.98. The van der Waals surface area contributed by atoms with Crippen LogP contribution in [0.3, 0.4) is 0 Å². The van der Waals surface area contributed by atoms with Crippen molar-refractivity contribution in [2.75, 3.05) is 19.6 Å². The highest BCUT2D eigenvalue weighted by Gasteiger charge is 2.71. The number of thiazole rings is 1. The van der Waals surface area contributed by atoms with Gasteiger partial charge in [-0.3, -0.25) is 9.59 Å². The minimum atomic E-state index is -6.24. The lowest BCUT2D eigenvalue weighted by Gasteiger charge is -2.33. The number of hydrogen-bond donors (Lipinski definition) is 3. The van der Waals surface area contributed by atoms with Crippen LogP contribution in [-0.2, 0) is 10.4 Å². The van der Waals surface area contributed by atoms with Gasteiger partial charge in [0.1, 0.15) is 5.69 Å². The van der Waals surface area contributed by atoms with Gasteiger partial charge in [-0.15, -0.1) is 11.3 Å². The van der Waals surface area contributed by atoms with E-state index in [1.165, 1.54) is 4.90 Å². The van der Waals surface area contributed by atoms with Crippen LogP contribution in [0.25, 0.3) is 10.4 Å². The number of alkyl halides is 8. The van der Waals surface area contributed by atoms with Gasteiger partial charge in [-0.25, -0.2) is 13.8 Å². The Kier molecular flexibility index (Phi) is 11.0. The Bertz CT molecular complexity index is 1260. The van der Waals surface area contributed by atoms with E-state index in [0.717, 1.165) is 5.51 Å². The van der Waals surface area contributed by atoms with Crippen LogP contribution in [0.2, 0.25) is 0 Å². The molecule has 1 aromatic carbocycles. The van der Waals surface area contributed by atoms with Gasteiger partial charge in [0.25, 0.3) is 17.9 Å². The molecule has 0 saturated carbocycles. The maximum atomic E-state index is 13.8. The number of carbonyl (C=O) groups excluding carboxylic acids is 2. The standard InChI is InChI=1S/C20H15F8N3O2S.C5H11NO2/c21-16(22)13-7-11(18(33,19(23,24)25)20(26,27)28)1-2-12(13)15-14(30-9-34-15)17(32)31-5-3-10(8-29)4-6-31;1-5(2,8)3-6-4-7/h1-2,7,9-10,16,33H,3-6H2;4,8H,3H2,1-2H3,(H,6,7). The summed E-state index contributed by atoms with van der Waals surface area (Å²) < 4.78 is 107. The van der Waals surface area contributed by atoms with Gasteiger partial charge in [0.05, 0.1) is 22.1 Å². The summed E-state index contributed by atoms with van der Waals surface area (Å²) in [6.07, 6.45) is -14.7. The van der Waals surface area contributed by atoms with E-state index < -0.39 is 52.6 Å². The SMILES string of the molecule is CC(C)(O)CNC=O.N#CC1CCN(C(=O)c2ncsc2-c2ccc(C(O)(C(F)(F)F)C(F)(F)F)cc2C(F)F)CC1. The molecule has 2 amide bonds. The molecule has 0 unspecified atom stereocenters. The highest BCUT2D eigenvalue weighted by atomic mass is 32.1. The monoisotopic (exact) mass is 630 g/mol. The van der Waals surface area contributed by atoms with Crippen LogP contribution in [0.4, 0.5) is 35.1 Å². The largest absolute Gasteiger partial charge is 0.430 e. The summed E-state index contributed by atoms with van der Waals surface area (Å²) in [5.41, 5.74) is -8.87. The summed E-state index contributed by atoms with van der Waals surface area (Å²) in [5.74, 6) is -0.919. The van der Waals surface area contributed by atoms with E-state index in [9.17, 15) is 49.8 Å². The maximum Gasteiger partial charge on any atom is 0.430 e. The molecule has 1 saturated heterocycles. The highest BCUT2D eigenvalue weighted by molar-refractivity contribution is 7.13. The molecule has 0 atom stereocenters. The molecular formula is C25H26F8N4O4S. The van der Waals surface area contributed by atoms with E-state index >= 15 is 0 Å². The molecular weight excluding hydrogens is 604 g/mol. The molecule has 3 rings (SSSR count). The van der Waals surface area contributed by atoms with Gasteiger partial charge in [0.15, 0.2) is 0 Å². The summed E-state index contributed by atoms with van der Waals surface area (Å²) in [6.45, 7) is 3.95. The molecule has 0 aliphatic carbocycles. The number of piperidine rings is 1. The van der Waals surface area contributed by atoms with Gasteiger partial charge in [-0.05, 0) is 32.8 Å². The van der Waals surface area contributed by atoms with Crippen molar-refractivity contribution in [3.8, 4) is 16.5 Å². The van der Waals surface area contributed by atoms with Gasteiger partial charge < -0.3 is 20.4 Å². The van der Waals surface area contributed by atoms with Gasteiger partial charge in [-0.2, -0.15) is 31.6 Å². The Hall–Kier alpha value is -3.36. The Balaban J connectivity index is 0.000000675. The average molecular weight is 631 g/mol. The van der Waals surface area contributed by atoms with Crippen molar-refractivity contribution in [2.45, 2.75) is 56.7 Å². The van der Waals surface area contributed by atoms with Crippen LogP contribution < -0.4 is 5.32 Å². The van der Waals surface area contributed by atoms with Gasteiger partial charge in [-0.1, -0.05) is 12.1 Å². The first-order valence-electron chi connectivity index (χ1n) is 12.1. The molecule has 2 heterocycles. The van der Waals surface area contributed by atoms with Gasteiger partial charge >= 0.3 is 12.4 Å². The second kappa shape index (κ2) is 13.3. The fourth-order valence-corrected chi connectivity index (χ4v) is 4.73. The number of nitrogens with zero attached hydrogens (tertiary/aromatic N) is 3. The van der Waals surface area contributed by atoms with Gasteiger partial charge in [0.2, 0.25) is 6.41 Å². The molecule has 3 N–H and O–H groups in total. The van der Waals surface area contributed by atoms with Crippen LogP contribution in [0, 0.1) is 17.2 Å². The molecule has 1 aliphatic rings. The molecule has 1 aliphatic heterocycles. The van der Waals surface area contributed by atoms with E-state index in [1.54, 1.807) is 13.8 Å². The number of amides is 2. The first-order valence-corrected chi connectivity index (χ1v) is 13.0. The Morgan fingerprint density at radius 1 is 1.17 bits per heavy atom. The number of aromatic nitrogens is 1. The second-order valence-electron chi connectivity index (χ2n) is 9.85. The fourth-order valence-electron chi connectivity index (χ4n) is 3.91. The molecule has 1 fully saturated rings.